The van der Waals surface area contributed by atoms with E-state index in [9.17, 15) is 0 Å². The Kier molecular flexibility index (Phi) is 5.28. The molecule has 2 N–H and O–H groups in total. The van der Waals surface area contributed by atoms with Gasteiger partial charge in [-0.3, -0.25) is 0 Å². The highest BCUT2D eigenvalue weighted by Crippen LogP contribution is 2.38. The predicted molar refractivity (Wildman–Crippen MR) is 72.5 cm³/mol. The van der Waals surface area contributed by atoms with Crippen molar-refractivity contribution in [3.05, 3.63) is 17.7 Å². The van der Waals surface area contributed by atoms with E-state index in [1.807, 2.05) is 12.1 Å². The fourth-order valence-corrected chi connectivity index (χ4v) is 1.98. The van der Waals surface area contributed by atoms with Gasteiger partial charge >= 0.3 is 0 Å². The normalized spacial score (nSPS) is 12.4. The van der Waals surface area contributed by atoms with Crippen molar-refractivity contribution in [1.82, 2.24) is 0 Å². The number of hydrogen-bond donors (Lipinski definition) is 1. The first-order valence-corrected chi connectivity index (χ1v) is 6.09. The first-order valence-electron chi connectivity index (χ1n) is 6.09. The Morgan fingerprint density at radius 2 is 1.44 bits per heavy atom. The zero-order valence-electron chi connectivity index (χ0n) is 11.8. The molecule has 0 aromatic heterocycles. The molecule has 0 radical (unpaired) electrons. The van der Waals surface area contributed by atoms with Gasteiger partial charge in [0.15, 0.2) is 11.5 Å². The average Bonchev–Trinajstić information content (AvgIpc) is 2.36. The maximum Gasteiger partial charge on any atom is 0.164 e. The van der Waals surface area contributed by atoms with E-state index in [2.05, 4.69) is 13.8 Å². The summed E-state index contributed by atoms with van der Waals surface area (Å²) in [7, 11) is 4.85. The molecule has 0 aliphatic heterocycles. The third-order valence-electron chi connectivity index (χ3n) is 2.86. The summed E-state index contributed by atoms with van der Waals surface area (Å²) in [5, 5.41) is 0. The molecule has 1 aromatic rings. The van der Waals surface area contributed by atoms with Gasteiger partial charge in [0, 0.05) is 17.7 Å². The Morgan fingerprint density at radius 1 is 0.944 bits per heavy atom. The first kappa shape index (κ1) is 14.6. The molecule has 0 saturated heterocycles. The Labute approximate surface area is 109 Å². The summed E-state index contributed by atoms with van der Waals surface area (Å²) in [4.78, 5) is 0. The monoisotopic (exact) mass is 253 g/mol. The van der Waals surface area contributed by atoms with Crippen molar-refractivity contribution in [1.29, 1.82) is 0 Å². The minimum Gasteiger partial charge on any atom is -0.496 e. The van der Waals surface area contributed by atoms with E-state index in [0.717, 1.165) is 17.7 Å². The summed E-state index contributed by atoms with van der Waals surface area (Å²) in [6.45, 7) is 4.29. The van der Waals surface area contributed by atoms with Gasteiger partial charge in [-0.25, -0.2) is 0 Å². The highest BCUT2D eigenvalue weighted by molar-refractivity contribution is 5.51. The standard InChI is InChI=1S/C14H23NO3/c1-9(2)6-11(15)10-7-13(17-4)14(18-5)8-12(10)16-3/h7-9,11H,6,15H2,1-5H3. The van der Waals surface area contributed by atoms with Crippen LogP contribution >= 0.6 is 0 Å². The Morgan fingerprint density at radius 3 is 1.89 bits per heavy atom. The minimum atomic E-state index is -0.0697. The lowest BCUT2D eigenvalue weighted by Crippen LogP contribution is -2.14. The van der Waals surface area contributed by atoms with Crippen LogP contribution in [0.5, 0.6) is 17.2 Å². The van der Waals surface area contributed by atoms with Gasteiger partial charge in [0.1, 0.15) is 5.75 Å². The molecule has 0 aliphatic rings. The lowest BCUT2D eigenvalue weighted by molar-refractivity contribution is 0.345. The van der Waals surface area contributed by atoms with Gasteiger partial charge in [-0.15, -0.1) is 0 Å². The number of methoxy groups -OCH3 is 3. The molecule has 1 unspecified atom stereocenters. The van der Waals surface area contributed by atoms with Crippen LogP contribution in [0.25, 0.3) is 0 Å². The minimum absolute atomic E-state index is 0.0697. The van der Waals surface area contributed by atoms with Gasteiger partial charge in [0.2, 0.25) is 0 Å². The van der Waals surface area contributed by atoms with Crippen LogP contribution in [0.2, 0.25) is 0 Å². The largest absolute Gasteiger partial charge is 0.496 e. The summed E-state index contributed by atoms with van der Waals surface area (Å²) in [5.41, 5.74) is 7.16. The molecule has 0 saturated carbocycles. The smallest absolute Gasteiger partial charge is 0.164 e. The highest BCUT2D eigenvalue weighted by Gasteiger charge is 2.17. The number of nitrogens with two attached hydrogens (primary N) is 1. The maximum absolute atomic E-state index is 6.21. The van der Waals surface area contributed by atoms with Gasteiger partial charge < -0.3 is 19.9 Å². The van der Waals surface area contributed by atoms with Crippen LogP contribution in [0, 0.1) is 5.92 Å². The molecular weight excluding hydrogens is 230 g/mol. The second kappa shape index (κ2) is 6.50. The van der Waals surface area contributed by atoms with E-state index in [4.69, 9.17) is 19.9 Å². The lowest BCUT2D eigenvalue weighted by atomic mass is 9.96. The molecule has 0 fully saturated rings. The molecule has 18 heavy (non-hydrogen) atoms. The van der Waals surface area contributed by atoms with E-state index in [1.165, 1.54) is 0 Å². The third kappa shape index (κ3) is 3.29. The summed E-state index contributed by atoms with van der Waals surface area (Å²) in [6, 6.07) is 3.64. The molecule has 0 heterocycles. The van der Waals surface area contributed by atoms with E-state index in [1.54, 1.807) is 21.3 Å². The van der Waals surface area contributed by atoms with Crippen molar-refractivity contribution in [2.75, 3.05) is 21.3 Å². The van der Waals surface area contributed by atoms with Gasteiger partial charge in [-0.05, 0) is 18.4 Å². The van der Waals surface area contributed by atoms with Crippen molar-refractivity contribution in [2.45, 2.75) is 26.3 Å². The zero-order chi connectivity index (χ0) is 13.7. The van der Waals surface area contributed by atoms with Crippen LogP contribution in [-0.4, -0.2) is 21.3 Å². The number of hydrogen-bond acceptors (Lipinski definition) is 4. The first-order chi connectivity index (χ1) is 8.53. The summed E-state index contributed by atoms with van der Waals surface area (Å²) in [6.07, 6.45) is 0.895. The lowest BCUT2D eigenvalue weighted by Gasteiger charge is -2.19. The molecule has 0 amide bonds. The van der Waals surface area contributed by atoms with Gasteiger partial charge in [-0.2, -0.15) is 0 Å². The molecule has 0 spiro atoms. The quantitative estimate of drug-likeness (QED) is 0.847. The molecular formula is C14H23NO3. The molecule has 102 valence electrons. The van der Waals surface area contributed by atoms with Crippen LogP contribution in [0.3, 0.4) is 0 Å². The average molecular weight is 253 g/mol. The predicted octanol–water partition coefficient (Wildman–Crippen LogP) is 2.76. The van der Waals surface area contributed by atoms with Crippen LogP contribution in [0.1, 0.15) is 31.9 Å². The van der Waals surface area contributed by atoms with Crippen LogP contribution in [0.15, 0.2) is 12.1 Å². The summed E-state index contributed by atoms with van der Waals surface area (Å²) < 4.78 is 15.9. The summed E-state index contributed by atoms with van der Waals surface area (Å²) >= 11 is 0. The topological polar surface area (TPSA) is 53.7 Å². The number of rotatable bonds is 6. The maximum atomic E-state index is 6.21. The van der Waals surface area contributed by atoms with Crippen molar-refractivity contribution < 1.29 is 14.2 Å². The molecule has 0 bridgehead atoms. The molecule has 4 nitrogen and oxygen atoms in total. The van der Waals surface area contributed by atoms with E-state index < -0.39 is 0 Å². The van der Waals surface area contributed by atoms with Crippen molar-refractivity contribution in [3.63, 3.8) is 0 Å². The molecule has 1 aromatic carbocycles. The SMILES string of the molecule is COc1cc(OC)c(C(N)CC(C)C)cc1OC. The van der Waals surface area contributed by atoms with Crippen LogP contribution in [-0.2, 0) is 0 Å². The van der Waals surface area contributed by atoms with Crippen molar-refractivity contribution >= 4 is 0 Å². The highest BCUT2D eigenvalue weighted by atomic mass is 16.5. The van der Waals surface area contributed by atoms with E-state index in [-0.39, 0.29) is 6.04 Å². The van der Waals surface area contributed by atoms with Gasteiger partial charge in [0.25, 0.3) is 0 Å². The van der Waals surface area contributed by atoms with E-state index in [0.29, 0.717) is 17.4 Å². The fourth-order valence-electron chi connectivity index (χ4n) is 1.98. The zero-order valence-corrected chi connectivity index (χ0v) is 11.8. The number of benzene rings is 1. The second-order valence-corrected chi connectivity index (χ2v) is 4.69. The Balaban J connectivity index is 3.16. The van der Waals surface area contributed by atoms with E-state index >= 15 is 0 Å². The van der Waals surface area contributed by atoms with Gasteiger partial charge in [-0.1, -0.05) is 13.8 Å². The van der Waals surface area contributed by atoms with Crippen molar-refractivity contribution in [2.24, 2.45) is 11.7 Å². The Bertz CT molecular complexity index is 391. The molecule has 4 heteroatoms. The molecule has 0 aliphatic carbocycles. The Hall–Kier alpha value is -1.42. The third-order valence-corrected chi connectivity index (χ3v) is 2.86. The molecule has 1 rings (SSSR count). The van der Waals surface area contributed by atoms with Crippen molar-refractivity contribution in [3.8, 4) is 17.2 Å². The van der Waals surface area contributed by atoms with Crippen LogP contribution in [0.4, 0.5) is 0 Å². The number of ether oxygens (including phenoxy) is 3. The van der Waals surface area contributed by atoms with Crippen LogP contribution < -0.4 is 19.9 Å². The fraction of sp³-hybridized carbons (Fsp3) is 0.571. The van der Waals surface area contributed by atoms with Gasteiger partial charge in [0.05, 0.1) is 21.3 Å². The molecule has 1 atom stereocenters. The summed E-state index contributed by atoms with van der Waals surface area (Å²) in [5.74, 6) is 2.58. The second-order valence-electron chi connectivity index (χ2n) is 4.69.